The van der Waals surface area contributed by atoms with E-state index in [0.29, 0.717) is 47.9 Å². The van der Waals surface area contributed by atoms with Gasteiger partial charge in [-0.05, 0) is 38.2 Å². The highest BCUT2D eigenvalue weighted by Crippen LogP contribution is 2.29. The molecule has 4 heterocycles. The number of hydrogen-bond acceptors (Lipinski definition) is 4. The molecule has 0 unspecified atom stereocenters. The van der Waals surface area contributed by atoms with E-state index in [-0.39, 0.29) is 17.0 Å². The Morgan fingerprint density at radius 1 is 1.28 bits per heavy atom. The van der Waals surface area contributed by atoms with Crippen LogP contribution in [0.15, 0.2) is 4.79 Å². The van der Waals surface area contributed by atoms with Crippen LogP contribution in [0.1, 0.15) is 34.5 Å². The summed E-state index contributed by atoms with van der Waals surface area (Å²) in [5.74, 6) is 0.242. The SMILES string of the molecule is COCCN1C[C@H]2CC[C@@H]1CN(C(=O)c1c(C)c(Cl)c(C)[nH]c1=O)C2. The molecule has 3 saturated heterocycles. The number of pyridine rings is 1. The number of halogens is 1. The fourth-order valence-corrected chi connectivity index (χ4v) is 4.23. The lowest BCUT2D eigenvalue weighted by Gasteiger charge is -2.35. The van der Waals surface area contributed by atoms with Crippen LogP contribution in [0.25, 0.3) is 0 Å². The van der Waals surface area contributed by atoms with Crippen molar-refractivity contribution in [2.45, 2.75) is 32.7 Å². The molecule has 3 aliphatic rings. The quantitative estimate of drug-likeness (QED) is 0.881. The van der Waals surface area contributed by atoms with Crippen LogP contribution in [0, 0.1) is 19.8 Å². The average molecular weight is 368 g/mol. The van der Waals surface area contributed by atoms with Gasteiger partial charge in [0.15, 0.2) is 0 Å². The molecule has 0 saturated carbocycles. The van der Waals surface area contributed by atoms with E-state index < -0.39 is 0 Å². The molecular weight excluding hydrogens is 342 g/mol. The molecule has 0 radical (unpaired) electrons. The van der Waals surface area contributed by atoms with Gasteiger partial charge in [-0.25, -0.2) is 0 Å². The van der Waals surface area contributed by atoms with Crippen LogP contribution in [0.5, 0.6) is 0 Å². The molecule has 3 aliphatic heterocycles. The van der Waals surface area contributed by atoms with Gasteiger partial charge in [-0.2, -0.15) is 0 Å². The molecule has 2 bridgehead atoms. The number of methoxy groups -OCH3 is 1. The number of piperidine rings is 1. The highest BCUT2D eigenvalue weighted by molar-refractivity contribution is 6.32. The fourth-order valence-electron chi connectivity index (χ4n) is 4.09. The van der Waals surface area contributed by atoms with Gasteiger partial charge in [0.2, 0.25) is 0 Å². The Labute approximate surface area is 153 Å². The number of H-pyrrole nitrogens is 1. The Bertz CT molecular complexity index is 718. The van der Waals surface area contributed by atoms with E-state index in [4.69, 9.17) is 16.3 Å². The van der Waals surface area contributed by atoms with Crippen molar-refractivity contribution in [3.8, 4) is 0 Å². The third kappa shape index (κ3) is 3.61. The number of aromatic nitrogens is 1. The molecule has 1 aromatic rings. The Balaban J connectivity index is 1.85. The van der Waals surface area contributed by atoms with Crippen LogP contribution in [-0.4, -0.2) is 66.6 Å². The molecule has 0 aromatic carbocycles. The number of amides is 1. The van der Waals surface area contributed by atoms with E-state index in [9.17, 15) is 9.59 Å². The predicted molar refractivity (Wildman–Crippen MR) is 97.4 cm³/mol. The van der Waals surface area contributed by atoms with Crippen molar-refractivity contribution in [1.29, 1.82) is 0 Å². The number of carbonyl (C=O) groups excluding carboxylic acids is 1. The standard InChI is InChI=1S/C18H26ClN3O3/c1-11-15(17(23)20-12(2)16(11)19)18(24)22-9-13-4-5-14(10-22)21(8-13)6-7-25-3/h13-14H,4-10H2,1-3H3,(H,20,23)/t13-,14-/m1/s1. The van der Waals surface area contributed by atoms with E-state index in [1.807, 2.05) is 4.90 Å². The lowest BCUT2D eigenvalue weighted by Crippen LogP contribution is -2.46. The zero-order valence-electron chi connectivity index (χ0n) is 15.1. The van der Waals surface area contributed by atoms with Crippen molar-refractivity contribution in [3.05, 3.63) is 32.2 Å². The maximum atomic E-state index is 13.1. The molecule has 6 nitrogen and oxygen atoms in total. The maximum absolute atomic E-state index is 13.1. The monoisotopic (exact) mass is 367 g/mol. The van der Waals surface area contributed by atoms with Gasteiger partial charge in [0.05, 0.1) is 11.6 Å². The average Bonchev–Trinajstić information content (AvgIpc) is 2.89. The summed E-state index contributed by atoms with van der Waals surface area (Å²) >= 11 is 6.26. The molecule has 1 N–H and O–H groups in total. The van der Waals surface area contributed by atoms with Crippen molar-refractivity contribution in [3.63, 3.8) is 0 Å². The summed E-state index contributed by atoms with van der Waals surface area (Å²) in [6, 6.07) is 0.332. The minimum absolute atomic E-state index is 0.181. The van der Waals surface area contributed by atoms with Crippen LogP contribution in [-0.2, 0) is 4.74 Å². The molecule has 0 spiro atoms. The first-order valence-corrected chi connectivity index (χ1v) is 9.21. The Kier molecular flexibility index (Phi) is 5.51. The van der Waals surface area contributed by atoms with Crippen molar-refractivity contribution >= 4 is 17.5 Å². The normalized spacial score (nSPS) is 23.8. The van der Waals surface area contributed by atoms with Gasteiger partial charge in [0.25, 0.3) is 11.5 Å². The summed E-state index contributed by atoms with van der Waals surface area (Å²) < 4.78 is 5.21. The number of aromatic amines is 1. The molecule has 25 heavy (non-hydrogen) atoms. The van der Waals surface area contributed by atoms with Crippen LogP contribution in [0.3, 0.4) is 0 Å². The third-order valence-corrected chi connectivity index (χ3v) is 6.04. The number of nitrogens with zero attached hydrogens (tertiary/aromatic N) is 2. The van der Waals surface area contributed by atoms with Gasteiger partial charge in [-0.1, -0.05) is 11.6 Å². The fraction of sp³-hybridized carbons (Fsp3) is 0.667. The molecule has 0 aliphatic carbocycles. The van der Waals surface area contributed by atoms with Crippen molar-refractivity contribution in [1.82, 2.24) is 14.8 Å². The second kappa shape index (κ2) is 7.48. The second-order valence-corrected chi connectivity index (χ2v) is 7.57. The molecule has 1 aromatic heterocycles. The zero-order valence-corrected chi connectivity index (χ0v) is 15.9. The second-order valence-electron chi connectivity index (χ2n) is 7.19. The highest BCUT2D eigenvalue weighted by Gasteiger charge is 2.37. The summed E-state index contributed by atoms with van der Waals surface area (Å²) in [6.07, 6.45) is 2.21. The molecule has 2 atom stereocenters. The predicted octanol–water partition coefficient (Wildman–Crippen LogP) is 1.83. The first-order valence-electron chi connectivity index (χ1n) is 8.83. The highest BCUT2D eigenvalue weighted by atomic mass is 35.5. The number of aryl methyl sites for hydroxylation is 1. The minimum Gasteiger partial charge on any atom is -0.383 e. The van der Waals surface area contributed by atoms with E-state index >= 15 is 0 Å². The number of carbonyl (C=O) groups is 1. The number of hydrogen-bond donors (Lipinski definition) is 1. The van der Waals surface area contributed by atoms with Gasteiger partial charge in [0.1, 0.15) is 5.56 Å². The lowest BCUT2D eigenvalue weighted by molar-refractivity contribution is 0.0715. The molecular formula is C18H26ClN3O3. The Hall–Kier alpha value is -1.37. The van der Waals surface area contributed by atoms with E-state index in [2.05, 4.69) is 9.88 Å². The van der Waals surface area contributed by atoms with Gasteiger partial charge in [-0.3, -0.25) is 14.5 Å². The van der Waals surface area contributed by atoms with Crippen LogP contribution < -0.4 is 5.56 Å². The van der Waals surface area contributed by atoms with Gasteiger partial charge in [0, 0.05) is 45.0 Å². The Morgan fingerprint density at radius 2 is 2.04 bits per heavy atom. The molecule has 7 heteroatoms. The molecule has 1 amide bonds. The number of rotatable bonds is 4. The van der Waals surface area contributed by atoms with Crippen LogP contribution >= 0.6 is 11.6 Å². The van der Waals surface area contributed by atoms with Gasteiger partial charge in [-0.15, -0.1) is 0 Å². The van der Waals surface area contributed by atoms with E-state index in [1.165, 1.54) is 0 Å². The van der Waals surface area contributed by atoms with Crippen molar-refractivity contribution in [2.24, 2.45) is 5.92 Å². The third-order valence-electron chi connectivity index (χ3n) is 5.47. The number of nitrogens with one attached hydrogen (secondary N) is 1. The smallest absolute Gasteiger partial charge is 0.261 e. The van der Waals surface area contributed by atoms with Crippen molar-refractivity contribution < 1.29 is 9.53 Å². The minimum atomic E-state index is -0.350. The summed E-state index contributed by atoms with van der Waals surface area (Å²) in [4.78, 5) is 32.4. The lowest BCUT2D eigenvalue weighted by atomic mass is 9.95. The molecule has 138 valence electrons. The Morgan fingerprint density at radius 3 is 2.76 bits per heavy atom. The topological polar surface area (TPSA) is 65.6 Å². The van der Waals surface area contributed by atoms with E-state index in [1.54, 1.807) is 21.0 Å². The maximum Gasteiger partial charge on any atom is 0.261 e. The zero-order chi connectivity index (χ0) is 18.1. The summed E-state index contributed by atoms with van der Waals surface area (Å²) in [7, 11) is 1.71. The molecule has 4 rings (SSSR count). The van der Waals surface area contributed by atoms with Gasteiger partial charge >= 0.3 is 0 Å². The van der Waals surface area contributed by atoms with Crippen LogP contribution in [0.2, 0.25) is 5.02 Å². The first-order chi connectivity index (χ1) is 11.9. The first kappa shape index (κ1) is 18.4. The summed E-state index contributed by atoms with van der Waals surface area (Å²) in [6.45, 7) is 7.41. The molecule has 3 fully saturated rings. The van der Waals surface area contributed by atoms with Crippen molar-refractivity contribution in [2.75, 3.05) is 39.9 Å². The van der Waals surface area contributed by atoms with Crippen LogP contribution in [0.4, 0.5) is 0 Å². The summed E-state index contributed by atoms with van der Waals surface area (Å²) in [5.41, 5.74) is 1.00. The number of fused-ring (bicyclic) bond motifs is 4. The summed E-state index contributed by atoms with van der Waals surface area (Å²) in [5, 5.41) is 0.461. The van der Waals surface area contributed by atoms with Gasteiger partial charge < -0.3 is 14.6 Å². The largest absolute Gasteiger partial charge is 0.383 e. The van der Waals surface area contributed by atoms with E-state index in [0.717, 1.165) is 25.9 Å². The number of ether oxygens (including phenoxy) is 1.